The number of hydrogen-bond donors (Lipinski definition) is 0. The van der Waals surface area contributed by atoms with Crippen molar-refractivity contribution >= 4 is 44.3 Å². The molecule has 6 heteroatoms. The van der Waals surface area contributed by atoms with Crippen LogP contribution in [0.5, 0.6) is 0 Å². The minimum atomic E-state index is 0.215. The van der Waals surface area contributed by atoms with Crippen LogP contribution in [0.4, 0.5) is 0 Å². The van der Waals surface area contributed by atoms with Gasteiger partial charge in [-0.1, -0.05) is 11.6 Å². The number of hydrogen-bond acceptors (Lipinski definition) is 3. The summed E-state index contributed by atoms with van der Waals surface area (Å²) in [5, 5.41) is 1.24. The summed E-state index contributed by atoms with van der Waals surface area (Å²) in [6.07, 6.45) is 4.52. The van der Waals surface area contributed by atoms with E-state index in [9.17, 15) is 4.79 Å². The number of nitrogens with zero attached hydrogens (tertiary/aromatic N) is 3. The van der Waals surface area contributed by atoms with Gasteiger partial charge in [0.25, 0.3) is 0 Å². The fourth-order valence-corrected chi connectivity index (χ4v) is 2.88. The Kier molecular flexibility index (Phi) is 2.26. The van der Waals surface area contributed by atoms with Crippen LogP contribution in [0.2, 0.25) is 5.15 Å². The zero-order valence-corrected chi connectivity index (χ0v) is 10.5. The second-order valence-corrected chi connectivity index (χ2v) is 5.06. The predicted molar refractivity (Wildman–Crippen MR) is 63.5 cm³/mol. The molecule has 2 heterocycles. The van der Waals surface area contributed by atoms with E-state index in [0.29, 0.717) is 23.8 Å². The Morgan fingerprint density at radius 2 is 2.19 bits per heavy atom. The molecule has 1 fully saturated rings. The van der Waals surface area contributed by atoms with Crippen LogP contribution in [0.1, 0.15) is 18.9 Å². The van der Waals surface area contributed by atoms with Gasteiger partial charge in [0.2, 0.25) is 0 Å². The third-order valence-corrected chi connectivity index (χ3v) is 3.72. The van der Waals surface area contributed by atoms with Crippen LogP contribution in [-0.2, 0) is 4.79 Å². The van der Waals surface area contributed by atoms with Crippen molar-refractivity contribution in [3.63, 3.8) is 0 Å². The zero-order valence-electron chi connectivity index (χ0n) is 8.15. The van der Waals surface area contributed by atoms with Crippen LogP contribution in [0.15, 0.2) is 17.0 Å². The highest BCUT2D eigenvalue weighted by molar-refractivity contribution is 9.10. The standard InChI is InChI=1S/C10H7BrClN3O/c11-7-3-15(5-1-6(16)2-5)10-8(7)9(12)13-4-14-10/h3-5H,1-2H2. The average Bonchev–Trinajstić information content (AvgIpc) is 2.53. The Balaban J connectivity index is 2.19. The number of fused-ring (bicyclic) bond motifs is 1. The summed E-state index contributed by atoms with van der Waals surface area (Å²) < 4.78 is 2.86. The van der Waals surface area contributed by atoms with Gasteiger partial charge in [-0.15, -0.1) is 0 Å². The van der Waals surface area contributed by atoms with E-state index in [0.717, 1.165) is 15.5 Å². The van der Waals surface area contributed by atoms with Gasteiger partial charge in [0.1, 0.15) is 22.9 Å². The smallest absolute Gasteiger partial charge is 0.146 e. The molecule has 0 bridgehead atoms. The largest absolute Gasteiger partial charge is 0.327 e. The highest BCUT2D eigenvalue weighted by atomic mass is 79.9. The quantitative estimate of drug-likeness (QED) is 0.761. The molecule has 1 aliphatic carbocycles. The Morgan fingerprint density at radius 1 is 1.44 bits per heavy atom. The van der Waals surface area contributed by atoms with Crippen molar-refractivity contribution in [2.45, 2.75) is 18.9 Å². The molecule has 0 amide bonds. The number of carbonyl (C=O) groups is 1. The van der Waals surface area contributed by atoms with Crippen LogP contribution >= 0.6 is 27.5 Å². The van der Waals surface area contributed by atoms with E-state index >= 15 is 0 Å². The molecule has 0 radical (unpaired) electrons. The predicted octanol–water partition coefficient (Wildman–Crippen LogP) is 2.75. The van der Waals surface area contributed by atoms with E-state index in [1.807, 2.05) is 10.8 Å². The molecule has 0 spiro atoms. The van der Waals surface area contributed by atoms with Crippen molar-refractivity contribution in [2.75, 3.05) is 0 Å². The molecule has 16 heavy (non-hydrogen) atoms. The van der Waals surface area contributed by atoms with Crippen LogP contribution in [0.25, 0.3) is 11.0 Å². The van der Waals surface area contributed by atoms with Crippen molar-refractivity contribution in [2.24, 2.45) is 0 Å². The Hall–Kier alpha value is -0.940. The van der Waals surface area contributed by atoms with Gasteiger partial charge >= 0.3 is 0 Å². The van der Waals surface area contributed by atoms with Crippen molar-refractivity contribution < 1.29 is 4.79 Å². The fourth-order valence-electron chi connectivity index (χ4n) is 1.95. The summed E-state index contributed by atoms with van der Waals surface area (Å²) in [5.41, 5.74) is 0.782. The molecule has 0 saturated heterocycles. The van der Waals surface area contributed by atoms with Gasteiger partial charge in [-0.05, 0) is 15.9 Å². The van der Waals surface area contributed by atoms with Gasteiger partial charge in [0, 0.05) is 29.6 Å². The summed E-state index contributed by atoms with van der Waals surface area (Å²) in [6.45, 7) is 0. The topological polar surface area (TPSA) is 47.8 Å². The molecule has 3 rings (SSSR count). The van der Waals surface area contributed by atoms with E-state index in [2.05, 4.69) is 25.9 Å². The molecule has 2 aromatic heterocycles. The molecular formula is C10H7BrClN3O. The monoisotopic (exact) mass is 299 g/mol. The van der Waals surface area contributed by atoms with Crippen molar-refractivity contribution in [3.8, 4) is 0 Å². The first-order valence-corrected chi connectivity index (χ1v) is 6.02. The second kappa shape index (κ2) is 3.53. The van der Waals surface area contributed by atoms with Crippen LogP contribution in [0, 0.1) is 0 Å². The van der Waals surface area contributed by atoms with Gasteiger partial charge < -0.3 is 4.57 Å². The summed E-state index contributed by atoms with van der Waals surface area (Å²) in [5.74, 6) is 0.295. The van der Waals surface area contributed by atoms with Crippen molar-refractivity contribution in [1.82, 2.24) is 14.5 Å². The first kappa shape index (κ1) is 10.2. The normalized spacial score (nSPS) is 16.8. The minimum Gasteiger partial charge on any atom is -0.327 e. The van der Waals surface area contributed by atoms with Gasteiger partial charge in [-0.25, -0.2) is 9.97 Å². The van der Waals surface area contributed by atoms with Crippen LogP contribution in [0.3, 0.4) is 0 Å². The summed E-state index contributed by atoms with van der Waals surface area (Å²) in [4.78, 5) is 19.2. The lowest BCUT2D eigenvalue weighted by Crippen LogP contribution is -2.26. The Morgan fingerprint density at radius 3 is 2.88 bits per heavy atom. The number of rotatable bonds is 1. The lowest BCUT2D eigenvalue weighted by molar-refractivity contribution is -0.126. The summed E-state index contributed by atoms with van der Waals surface area (Å²) in [6, 6.07) is 0.215. The van der Waals surface area contributed by atoms with Gasteiger partial charge in [-0.2, -0.15) is 0 Å². The molecule has 2 aromatic rings. The van der Waals surface area contributed by atoms with Gasteiger partial charge in [0.05, 0.1) is 5.39 Å². The second-order valence-electron chi connectivity index (χ2n) is 3.85. The maximum atomic E-state index is 11.0. The molecule has 1 aliphatic rings. The molecule has 0 aromatic carbocycles. The first-order valence-electron chi connectivity index (χ1n) is 4.85. The summed E-state index contributed by atoms with van der Waals surface area (Å²) >= 11 is 9.44. The molecule has 82 valence electrons. The number of carbonyl (C=O) groups excluding carboxylic acids is 1. The Bertz CT molecular complexity index is 587. The fraction of sp³-hybridized carbons (Fsp3) is 0.300. The van der Waals surface area contributed by atoms with E-state index < -0.39 is 0 Å². The third-order valence-electron chi connectivity index (χ3n) is 2.84. The minimum absolute atomic E-state index is 0.215. The van der Waals surface area contributed by atoms with Crippen LogP contribution < -0.4 is 0 Å². The molecule has 0 aliphatic heterocycles. The van der Waals surface area contributed by atoms with E-state index in [-0.39, 0.29) is 6.04 Å². The molecule has 4 nitrogen and oxygen atoms in total. The van der Waals surface area contributed by atoms with E-state index in [1.54, 1.807) is 0 Å². The van der Waals surface area contributed by atoms with Gasteiger partial charge in [0.15, 0.2) is 0 Å². The van der Waals surface area contributed by atoms with Crippen molar-refractivity contribution in [3.05, 3.63) is 22.1 Å². The van der Waals surface area contributed by atoms with Gasteiger partial charge in [-0.3, -0.25) is 4.79 Å². The zero-order chi connectivity index (χ0) is 11.3. The lowest BCUT2D eigenvalue weighted by atomic mass is 9.91. The summed E-state index contributed by atoms with van der Waals surface area (Å²) in [7, 11) is 0. The number of ketones is 1. The van der Waals surface area contributed by atoms with Crippen LogP contribution in [-0.4, -0.2) is 20.3 Å². The number of aromatic nitrogens is 3. The first-order chi connectivity index (χ1) is 7.66. The SMILES string of the molecule is O=C1CC(n2cc(Br)c3c(Cl)ncnc32)C1. The highest BCUT2D eigenvalue weighted by Crippen LogP contribution is 2.36. The maximum Gasteiger partial charge on any atom is 0.146 e. The average molecular weight is 301 g/mol. The molecule has 0 unspecified atom stereocenters. The number of halogens is 2. The van der Waals surface area contributed by atoms with E-state index in [1.165, 1.54) is 6.33 Å². The molecule has 1 saturated carbocycles. The highest BCUT2D eigenvalue weighted by Gasteiger charge is 2.30. The molecule has 0 N–H and O–H groups in total. The van der Waals surface area contributed by atoms with Crippen molar-refractivity contribution in [1.29, 1.82) is 0 Å². The lowest BCUT2D eigenvalue weighted by Gasteiger charge is -2.25. The maximum absolute atomic E-state index is 11.0. The van der Waals surface area contributed by atoms with E-state index in [4.69, 9.17) is 11.6 Å². The number of Topliss-reactive ketones (excluding diaryl/α,β-unsaturated/α-hetero) is 1. The molecular weight excluding hydrogens is 293 g/mol. The third kappa shape index (κ3) is 1.38. The Labute approximate surface area is 105 Å². The molecule has 0 atom stereocenters.